The van der Waals surface area contributed by atoms with Crippen LogP contribution in [0, 0.1) is 5.82 Å². The molecule has 4 aromatic rings. The van der Waals surface area contributed by atoms with Gasteiger partial charge in [-0.15, -0.1) is 0 Å². The molecule has 0 unspecified atom stereocenters. The monoisotopic (exact) mass is 459 g/mol. The Morgan fingerprint density at radius 1 is 0.912 bits per heavy atom. The summed E-state index contributed by atoms with van der Waals surface area (Å²) in [6.07, 6.45) is 0. The molecule has 2 heterocycles. The normalized spacial score (nSPS) is 14.6. The highest BCUT2D eigenvalue weighted by molar-refractivity contribution is 5.94. The maximum absolute atomic E-state index is 14.0. The predicted octanol–water partition coefficient (Wildman–Crippen LogP) is 3.65. The van der Waals surface area contributed by atoms with Gasteiger partial charge in [-0.3, -0.25) is 14.5 Å². The number of hydrogen-bond donors (Lipinski definition) is 0. The summed E-state index contributed by atoms with van der Waals surface area (Å²) in [7, 11) is 1.45. The smallest absolute Gasteiger partial charge is 0.242 e. The number of amides is 1. The minimum Gasteiger partial charge on any atom is -0.494 e. The standard InChI is InChI=1S/C27H26FN3O3/c1-34-25-11-10-19(16-22(25)28)17-29-12-14-30(15-13-29)26(32)18-31-23-8-4-2-6-20(23)27(33)21-7-3-5-9-24(21)31/h2-11,16H,12-15,17-18H2,1H3. The van der Waals surface area contributed by atoms with Gasteiger partial charge >= 0.3 is 0 Å². The van der Waals surface area contributed by atoms with E-state index in [4.69, 9.17) is 4.74 Å². The van der Waals surface area contributed by atoms with Crippen molar-refractivity contribution < 1.29 is 13.9 Å². The van der Waals surface area contributed by atoms with Crippen molar-refractivity contribution in [2.45, 2.75) is 13.1 Å². The molecule has 1 aliphatic rings. The summed E-state index contributed by atoms with van der Waals surface area (Å²) >= 11 is 0. The number of fused-ring (bicyclic) bond motifs is 2. The van der Waals surface area contributed by atoms with E-state index in [0.717, 1.165) is 16.6 Å². The molecule has 0 bridgehead atoms. The van der Waals surface area contributed by atoms with Crippen molar-refractivity contribution in [2.24, 2.45) is 0 Å². The molecule has 0 N–H and O–H groups in total. The predicted molar refractivity (Wildman–Crippen MR) is 131 cm³/mol. The third-order valence-electron chi connectivity index (χ3n) is 6.52. The van der Waals surface area contributed by atoms with Crippen molar-refractivity contribution in [3.63, 3.8) is 0 Å². The molecule has 6 nitrogen and oxygen atoms in total. The second-order valence-corrected chi connectivity index (χ2v) is 8.58. The van der Waals surface area contributed by atoms with Crippen LogP contribution in [-0.2, 0) is 17.9 Å². The number of hydrogen-bond acceptors (Lipinski definition) is 4. The van der Waals surface area contributed by atoms with Gasteiger partial charge in [0.2, 0.25) is 5.91 Å². The summed E-state index contributed by atoms with van der Waals surface area (Å²) in [6.45, 7) is 3.43. The van der Waals surface area contributed by atoms with E-state index in [1.54, 1.807) is 6.07 Å². The number of piperazine rings is 1. The van der Waals surface area contributed by atoms with E-state index in [2.05, 4.69) is 4.90 Å². The zero-order valence-electron chi connectivity index (χ0n) is 19.0. The summed E-state index contributed by atoms with van der Waals surface area (Å²) in [5.41, 5.74) is 2.39. The number of aromatic nitrogens is 1. The first-order valence-electron chi connectivity index (χ1n) is 11.4. The van der Waals surface area contributed by atoms with Gasteiger partial charge < -0.3 is 14.2 Å². The van der Waals surface area contributed by atoms with Gasteiger partial charge in [0.15, 0.2) is 17.0 Å². The summed E-state index contributed by atoms with van der Waals surface area (Å²) < 4.78 is 20.9. The van der Waals surface area contributed by atoms with Crippen molar-refractivity contribution in [3.05, 3.63) is 88.3 Å². The number of methoxy groups -OCH3 is 1. The van der Waals surface area contributed by atoms with Gasteiger partial charge in [0.05, 0.1) is 18.1 Å². The van der Waals surface area contributed by atoms with Crippen molar-refractivity contribution in [1.29, 1.82) is 0 Å². The third kappa shape index (κ3) is 4.15. The second-order valence-electron chi connectivity index (χ2n) is 8.58. The number of pyridine rings is 1. The number of carbonyl (C=O) groups excluding carboxylic acids is 1. The Balaban J connectivity index is 1.31. The molecule has 3 aromatic carbocycles. The fourth-order valence-electron chi connectivity index (χ4n) is 4.70. The Bertz CT molecular complexity index is 1360. The molecule has 0 saturated carbocycles. The van der Waals surface area contributed by atoms with Crippen LogP contribution >= 0.6 is 0 Å². The van der Waals surface area contributed by atoms with Crippen LogP contribution in [0.4, 0.5) is 4.39 Å². The van der Waals surface area contributed by atoms with E-state index in [1.807, 2.05) is 64.1 Å². The van der Waals surface area contributed by atoms with E-state index in [0.29, 0.717) is 43.5 Å². The Labute approximate surface area is 196 Å². The Hall–Kier alpha value is -3.71. The number of ether oxygens (including phenoxy) is 1. The van der Waals surface area contributed by atoms with Crippen LogP contribution in [0.25, 0.3) is 21.8 Å². The Morgan fingerprint density at radius 3 is 2.12 bits per heavy atom. The first-order chi connectivity index (χ1) is 16.5. The van der Waals surface area contributed by atoms with Gasteiger partial charge in [-0.1, -0.05) is 30.3 Å². The fourth-order valence-corrected chi connectivity index (χ4v) is 4.70. The minimum absolute atomic E-state index is 0.0153. The number of nitrogens with zero attached hydrogens (tertiary/aromatic N) is 3. The van der Waals surface area contributed by atoms with E-state index in [9.17, 15) is 14.0 Å². The van der Waals surface area contributed by atoms with E-state index >= 15 is 0 Å². The first kappa shape index (κ1) is 22.1. The van der Waals surface area contributed by atoms with E-state index in [-0.39, 0.29) is 29.4 Å². The zero-order chi connectivity index (χ0) is 23.7. The molecule has 1 fully saturated rings. The quantitative estimate of drug-likeness (QED) is 0.428. The zero-order valence-corrected chi connectivity index (χ0v) is 19.0. The highest BCUT2D eigenvalue weighted by Gasteiger charge is 2.23. The fraction of sp³-hybridized carbons (Fsp3) is 0.259. The lowest BCUT2D eigenvalue weighted by molar-refractivity contribution is -0.133. The third-order valence-corrected chi connectivity index (χ3v) is 6.52. The van der Waals surface area contributed by atoms with Gasteiger partial charge in [0.1, 0.15) is 6.54 Å². The largest absolute Gasteiger partial charge is 0.494 e. The SMILES string of the molecule is COc1ccc(CN2CCN(C(=O)Cn3c4ccccc4c(=O)c4ccccc43)CC2)cc1F. The van der Waals surface area contributed by atoms with Crippen molar-refractivity contribution in [1.82, 2.24) is 14.4 Å². The molecule has 0 spiro atoms. The van der Waals surface area contributed by atoms with Crippen LogP contribution < -0.4 is 10.2 Å². The maximum atomic E-state index is 14.0. The summed E-state index contributed by atoms with van der Waals surface area (Å²) in [5, 5.41) is 1.23. The molecule has 174 valence electrons. The lowest BCUT2D eigenvalue weighted by atomic mass is 10.1. The highest BCUT2D eigenvalue weighted by Crippen LogP contribution is 2.21. The van der Waals surface area contributed by atoms with Crippen LogP contribution in [0.3, 0.4) is 0 Å². The Morgan fingerprint density at radius 2 is 1.53 bits per heavy atom. The van der Waals surface area contributed by atoms with Gasteiger partial charge in [0, 0.05) is 43.5 Å². The number of rotatable bonds is 5. The molecule has 1 aliphatic heterocycles. The first-order valence-corrected chi connectivity index (χ1v) is 11.4. The average Bonchev–Trinajstić information content (AvgIpc) is 2.87. The molecular weight excluding hydrogens is 433 g/mol. The lowest BCUT2D eigenvalue weighted by Gasteiger charge is -2.35. The van der Waals surface area contributed by atoms with Crippen LogP contribution in [-0.4, -0.2) is 53.6 Å². The molecule has 1 saturated heterocycles. The van der Waals surface area contributed by atoms with Crippen molar-refractivity contribution in [2.75, 3.05) is 33.3 Å². The number of benzene rings is 3. The summed E-state index contributed by atoms with van der Waals surface area (Å²) in [6, 6.07) is 19.9. The van der Waals surface area contributed by atoms with Crippen molar-refractivity contribution in [3.8, 4) is 5.75 Å². The highest BCUT2D eigenvalue weighted by atomic mass is 19.1. The van der Waals surface area contributed by atoms with E-state index < -0.39 is 0 Å². The Kier molecular flexibility index (Phi) is 6.02. The molecule has 0 aliphatic carbocycles. The maximum Gasteiger partial charge on any atom is 0.242 e. The van der Waals surface area contributed by atoms with E-state index in [1.165, 1.54) is 13.2 Å². The minimum atomic E-state index is -0.366. The molecule has 1 amide bonds. The van der Waals surface area contributed by atoms with Gasteiger partial charge in [-0.25, -0.2) is 4.39 Å². The average molecular weight is 460 g/mol. The van der Waals surface area contributed by atoms with Crippen LogP contribution in [0.5, 0.6) is 5.75 Å². The van der Waals surface area contributed by atoms with Crippen molar-refractivity contribution >= 4 is 27.7 Å². The molecule has 7 heteroatoms. The molecular formula is C27H26FN3O3. The van der Waals surface area contributed by atoms with Gasteiger partial charge in [0.25, 0.3) is 0 Å². The molecule has 0 radical (unpaired) electrons. The number of para-hydroxylation sites is 2. The second kappa shape index (κ2) is 9.27. The van der Waals surface area contributed by atoms with Crippen LogP contribution in [0.1, 0.15) is 5.56 Å². The summed E-state index contributed by atoms with van der Waals surface area (Å²) in [4.78, 5) is 30.3. The molecule has 5 rings (SSSR count). The number of halogens is 1. The topological polar surface area (TPSA) is 54.8 Å². The van der Waals surface area contributed by atoms with Crippen LogP contribution in [0.2, 0.25) is 0 Å². The number of carbonyl (C=O) groups is 1. The molecule has 34 heavy (non-hydrogen) atoms. The molecule has 0 atom stereocenters. The van der Waals surface area contributed by atoms with Gasteiger partial charge in [-0.2, -0.15) is 0 Å². The van der Waals surface area contributed by atoms with Crippen LogP contribution in [0.15, 0.2) is 71.5 Å². The van der Waals surface area contributed by atoms with Gasteiger partial charge in [-0.05, 0) is 42.0 Å². The summed E-state index contributed by atoms with van der Waals surface area (Å²) in [5.74, 6) is -0.106. The molecule has 1 aromatic heterocycles. The lowest BCUT2D eigenvalue weighted by Crippen LogP contribution is -2.49.